The number of thiophene rings is 1. The van der Waals surface area contributed by atoms with Crippen LogP contribution >= 0.6 is 23.1 Å². The van der Waals surface area contributed by atoms with Crippen LogP contribution in [0.1, 0.15) is 15.9 Å². The van der Waals surface area contributed by atoms with E-state index in [-0.39, 0.29) is 30.1 Å². The van der Waals surface area contributed by atoms with E-state index in [1.807, 2.05) is 35.7 Å². The molecule has 1 aliphatic rings. The molecule has 1 fully saturated rings. The predicted octanol–water partition coefficient (Wildman–Crippen LogP) is 3.21. The van der Waals surface area contributed by atoms with Crippen molar-refractivity contribution in [2.75, 3.05) is 13.1 Å². The van der Waals surface area contributed by atoms with Gasteiger partial charge in [-0.3, -0.25) is 19.3 Å². The normalized spacial score (nSPS) is 16.0. The molecule has 0 saturated carbocycles. The topological polar surface area (TPSA) is 66.5 Å². The Hall–Kier alpha value is -2.38. The fourth-order valence-corrected chi connectivity index (χ4v) is 3.67. The highest BCUT2D eigenvalue weighted by Crippen LogP contribution is 2.31. The standard InChI is InChI=1S/C17H14N2O3S2/c20-15(13-6-9-23-11-13)18-7-8-19-16(21)14(24-17(19)22)10-12-4-2-1-3-5-12/h1-6,9-11H,7-8H2,(H,18,20). The molecule has 1 N–H and O–H groups in total. The van der Waals surface area contributed by atoms with Gasteiger partial charge in [0.25, 0.3) is 17.1 Å². The lowest BCUT2D eigenvalue weighted by atomic mass is 10.2. The lowest BCUT2D eigenvalue weighted by molar-refractivity contribution is -0.122. The van der Waals surface area contributed by atoms with Crippen molar-refractivity contribution in [3.63, 3.8) is 0 Å². The largest absolute Gasteiger partial charge is 0.350 e. The summed E-state index contributed by atoms with van der Waals surface area (Å²) in [6, 6.07) is 11.1. The summed E-state index contributed by atoms with van der Waals surface area (Å²) in [4.78, 5) is 37.7. The Morgan fingerprint density at radius 2 is 1.96 bits per heavy atom. The maximum absolute atomic E-state index is 12.3. The van der Waals surface area contributed by atoms with E-state index in [2.05, 4.69) is 5.32 Å². The van der Waals surface area contributed by atoms with Crippen LogP contribution in [0.15, 0.2) is 52.1 Å². The average molecular weight is 358 g/mol. The smallest absolute Gasteiger partial charge is 0.293 e. The van der Waals surface area contributed by atoms with Crippen molar-refractivity contribution in [2.45, 2.75) is 0 Å². The quantitative estimate of drug-likeness (QED) is 0.834. The van der Waals surface area contributed by atoms with E-state index < -0.39 is 0 Å². The molecule has 0 aliphatic carbocycles. The van der Waals surface area contributed by atoms with Gasteiger partial charge in [-0.2, -0.15) is 11.3 Å². The average Bonchev–Trinajstić information content (AvgIpc) is 3.20. The van der Waals surface area contributed by atoms with E-state index in [1.54, 1.807) is 17.5 Å². The summed E-state index contributed by atoms with van der Waals surface area (Å²) in [7, 11) is 0. The fourth-order valence-electron chi connectivity index (χ4n) is 2.17. The Kier molecular flexibility index (Phi) is 5.12. The van der Waals surface area contributed by atoms with Gasteiger partial charge in [-0.05, 0) is 34.8 Å². The number of rotatable bonds is 5. The molecular formula is C17H14N2O3S2. The third kappa shape index (κ3) is 3.74. The number of benzene rings is 1. The Morgan fingerprint density at radius 3 is 2.67 bits per heavy atom. The molecule has 0 radical (unpaired) electrons. The molecule has 1 saturated heterocycles. The summed E-state index contributed by atoms with van der Waals surface area (Å²) in [5.41, 5.74) is 1.45. The molecule has 0 unspecified atom stereocenters. The minimum atomic E-state index is -0.321. The monoisotopic (exact) mass is 358 g/mol. The summed E-state index contributed by atoms with van der Waals surface area (Å²) in [6.45, 7) is 0.387. The molecule has 1 aromatic heterocycles. The van der Waals surface area contributed by atoms with Crippen molar-refractivity contribution in [1.82, 2.24) is 10.2 Å². The van der Waals surface area contributed by atoms with Crippen molar-refractivity contribution in [2.24, 2.45) is 0 Å². The van der Waals surface area contributed by atoms with Crippen LogP contribution in [0, 0.1) is 0 Å². The third-order valence-corrected chi connectivity index (χ3v) is 4.97. The molecule has 7 heteroatoms. The van der Waals surface area contributed by atoms with E-state index in [9.17, 15) is 14.4 Å². The van der Waals surface area contributed by atoms with Crippen LogP contribution in [0.4, 0.5) is 4.79 Å². The minimum absolute atomic E-state index is 0.159. The number of carbonyl (C=O) groups is 3. The SMILES string of the molecule is O=C(NCCN1C(=O)SC(=Cc2ccccc2)C1=O)c1ccsc1. The fraction of sp³-hybridized carbons (Fsp3) is 0.118. The highest BCUT2D eigenvalue weighted by Gasteiger charge is 2.34. The summed E-state index contributed by atoms with van der Waals surface area (Å²) >= 11 is 2.36. The zero-order chi connectivity index (χ0) is 16.9. The highest BCUT2D eigenvalue weighted by molar-refractivity contribution is 8.18. The van der Waals surface area contributed by atoms with Gasteiger partial charge in [0, 0.05) is 24.0 Å². The lowest BCUT2D eigenvalue weighted by Gasteiger charge is -2.12. The second-order valence-corrected chi connectivity index (χ2v) is 6.79. The molecule has 0 bridgehead atoms. The molecule has 0 spiro atoms. The molecule has 122 valence electrons. The predicted molar refractivity (Wildman–Crippen MR) is 95.8 cm³/mol. The first kappa shape index (κ1) is 16.5. The second kappa shape index (κ2) is 7.46. The first-order chi connectivity index (χ1) is 11.6. The Balaban J connectivity index is 1.59. The molecule has 3 rings (SSSR count). The van der Waals surface area contributed by atoms with Gasteiger partial charge in [0.1, 0.15) is 0 Å². The number of hydrogen-bond acceptors (Lipinski definition) is 5. The Bertz CT molecular complexity index is 785. The number of hydrogen-bond donors (Lipinski definition) is 1. The van der Waals surface area contributed by atoms with E-state index in [0.29, 0.717) is 10.5 Å². The zero-order valence-electron chi connectivity index (χ0n) is 12.6. The van der Waals surface area contributed by atoms with Gasteiger partial charge in [-0.15, -0.1) is 0 Å². The lowest BCUT2D eigenvalue weighted by Crippen LogP contribution is -2.37. The molecule has 2 aromatic rings. The van der Waals surface area contributed by atoms with Crippen LogP contribution in [0.25, 0.3) is 6.08 Å². The number of amides is 3. The summed E-state index contributed by atoms with van der Waals surface area (Å²) in [5, 5.41) is 5.96. The molecule has 1 aliphatic heterocycles. The zero-order valence-corrected chi connectivity index (χ0v) is 14.2. The molecule has 1 aromatic carbocycles. The summed E-state index contributed by atoms with van der Waals surface area (Å²) < 4.78 is 0. The maximum atomic E-state index is 12.3. The van der Waals surface area contributed by atoms with Crippen molar-refractivity contribution in [1.29, 1.82) is 0 Å². The van der Waals surface area contributed by atoms with Crippen molar-refractivity contribution in [3.8, 4) is 0 Å². The van der Waals surface area contributed by atoms with E-state index in [0.717, 1.165) is 22.2 Å². The van der Waals surface area contributed by atoms with E-state index in [4.69, 9.17) is 0 Å². The number of nitrogens with one attached hydrogen (secondary N) is 1. The van der Waals surface area contributed by atoms with E-state index >= 15 is 0 Å². The first-order valence-corrected chi connectivity index (χ1v) is 9.02. The number of nitrogens with zero attached hydrogens (tertiary/aromatic N) is 1. The van der Waals surface area contributed by atoms with Crippen molar-refractivity contribution >= 4 is 46.2 Å². The van der Waals surface area contributed by atoms with Gasteiger partial charge in [0.2, 0.25) is 0 Å². The van der Waals surface area contributed by atoms with Gasteiger partial charge >= 0.3 is 0 Å². The Labute approximate surface area is 147 Å². The van der Waals surface area contributed by atoms with Crippen LogP contribution in [0.3, 0.4) is 0 Å². The van der Waals surface area contributed by atoms with Gasteiger partial charge in [-0.25, -0.2) is 0 Å². The van der Waals surface area contributed by atoms with Crippen molar-refractivity contribution < 1.29 is 14.4 Å². The van der Waals surface area contributed by atoms with Crippen LogP contribution in [-0.4, -0.2) is 35.0 Å². The third-order valence-electron chi connectivity index (χ3n) is 3.38. The number of thioether (sulfide) groups is 1. The maximum Gasteiger partial charge on any atom is 0.293 e. The molecular weight excluding hydrogens is 344 g/mol. The van der Waals surface area contributed by atoms with Crippen LogP contribution in [0.5, 0.6) is 0 Å². The van der Waals surface area contributed by atoms with Gasteiger partial charge in [-0.1, -0.05) is 30.3 Å². The molecule has 24 heavy (non-hydrogen) atoms. The molecule has 2 heterocycles. The van der Waals surface area contributed by atoms with Gasteiger partial charge < -0.3 is 5.32 Å². The minimum Gasteiger partial charge on any atom is -0.350 e. The van der Waals surface area contributed by atoms with Gasteiger partial charge in [0.15, 0.2) is 0 Å². The summed E-state index contributed by atoms with van der Waals surface area (Å²) in [5.74, 6) is -0.526. The number of carbonyl (C=O) groups excluding carboxylic acids is 3. The molecule has 0 atom stereocenters. The molecule has 3 amide bonds. The second-order valence-electron chi connectivity index (χ2n) is 5.01. The van der Waals surface area contributed by atoms with Crippen molar-refractivity contribution in [3.05, 3.63) is 63.2 Å². The Morgan fingerprint density at radius 1 is 1.17 bits per heavy atom. The van der Waals surface area contributed by atoms with E-state index in [1.165, 1.54) is 11.3 Å². The highest BCUT2D eigenvalue weighted by atomic mass is 32.2. The summed E-state index contributed by atoms with van der Waals surface area (Å²) in [6.07, 6.45) is 1.70. The molecule has 5 nitrogen and oxygen atoms in total. The van der Waals surface area contributed by atoms with Gasteiger partial charge in [0.05, 0.1) is 4.91 Å². The van der Waals surface area contributed by atoms with Crippen LogP contribution in [0.2, 0.25) is 0 Å². The first-order valence-electron chi connectivity index (χ1n) is 7.26. The number of imide groups is 1. The van der Waals surface area contributed by atoms with Crippen LogP contribution in [-0.2, 0) is 4.79 Å². The van der Waals surface area contributed by atoms with Crippen LogP contribution < -0.4 is 5.32 Å².